The summed E-state index contributed by atoms with van der Waals surface area (Å²) < 4.78 is 2.69. The van der Waals surface area contributed by atoms with E-state index in [0.717, 1.165) is 0 Å². The first-order valence-corrected chi connectivity index (χ1v) is 25.7. The van der Waals surface area contributed by atoms with E-state index < -0.39 is 0 Å². The number of rotatable bonds is 6. The zero-order valence-electron chi connectivity index (χ0n) is 35.4. The van der Waals surface area contributed by atoms with Crippen LogP contribution >= 0.6 is 45.3 Å². The Morgan fingerprint density at radius 1 is 0.227 bits per heavy atom. The zero-order chi connectivity index (χ0) is 43.3. The second-order valence-corrected chi connectivity index (χ2v) is 21.1. The summed E-state index contributed by atoms with van der Waals surface area (Å²) in [6.45, 7) is 0. The lowest BCUT2D eigenvalue weighted by Gasteiger charge is -2.09. The highest BCUT2D eigenvalue weighted by Crippen LogP contribution is 2.45. The minimum Gasteiger partial charge on any atom is -0.143 e. The van der Waals surface area contributed by atoms with E-state index in [4.69, 9.17) is 0 Å². The molecule has 4 heterocycles. The average molecular weight is 909 g/mol. The van der Waals surface area contributed by atoms with Crippen molar-refractivity contribution in [1.29, 1.82) is 0 Å². The van der Waals surface area contributed by atoms with Gasteiger partial charge in [-0.25, -0.2) is 0 Å². The van der Waals surface area contributed by atoms with E-state index in [1.165, 1.54) is 138 Å². The van der Waals surface area contributed by atoms with Crippen molar-refractivity contribution >= 4 is 119 Å². The number of hydrogen-bond acceptors (Lipinski definition) is 4. The third kappa shape index (κ3) is 6.21. The Morgan fingerprint density at radius 3 is 0.955 bits per heavy atom. The molecule has 308 valence electrons. The van der Waals surface area contributed by atoms with E-state index in [1.54, 1.807) is 0 Å². The maximum atomic E-state index is 2.36. The van der Waals surface area contributed by atoms with Crippen LogP contribution in [-0.2, 0) is 0 Å². The SMILES string of the molecule is c1ccc2c(-c3ccc(-c4ccc(-c5cc6ccc7c8ccc9c(ccc%10cc(-c%11ccc(-c%12ccc(-c%13scc%14ccccc%13%14)cc%12)cc%11)sc%109)c8ccc7c6s5)cc4)cc3)scc2c1. The van der Waals surface area contributed by atoms with Crippen molar-refractivity contribution in [2.24, 2.45) is 0 Å². The van der Waals surface area contributed by atoms with Gasteiger partial charge in [-0.3, -0.25) is 0 Å². The Bertz CT molecular complexity index is 3900. The van der Waals surface area contributed by atoms with Crippen LogP contribution in [0, 0.1) is 0 Å². The summed E-state index contributed by atoms with van der Waals surface area (Å²) >= 11 is 7.44. The molecule has 4 heteroatoms. The van der Waals surface area contributed by atoms with Crippen LogP contribution in [0.2, 0.25) is 0 Å². The average Bonchev–Trinajstić information content (AvgIpc) is 4.21. The standard InChI is InChI=1S/C62H36S4/c1-3-7-49-47(5-1)35-63-59(49)43-21-13-39(14-22-43)37-9-17-41(18-10-37)57-33-45-25-27-53-51-30-32-56-54(52(51)29-31-55(53)61(45)65-57)28-26-46-34-58(66-62(46)56)42-19-11-38(12-20-42)40-15-23-44(24-16-40)60-50-8-4-2-6-48(50)36-64-60/h1-36H. The predicted octanol–water partition coefficient (Wildman–Crippen LogP) is 20.0. The normalized spacial score (nSPS) is 11.9. The van der Waals surface area contributed by atoms with Crippen LogP contribution in [0.5, 0.6) is 0 Å². The lowest BCUT2D eigenvalue weighted by Crippen LogP contribution is -1.81. The number of benzene rings is 10. The predicted molar refractivity (Wildman–Crippen MR) is 293 cm³/mol. The van der Waals surface area contributed by atoms with Crippen LogP contribution < -0.4 is 0 Å². The van der Waals surface area contributed by atoms with Gasteiger partial charge in [-0.2, -0.15) is 0 Å². The van der Waals surface area contributed by atoms with E-state index in [-0.39, 0.29) is 0 Å². The molecule has 0 unspecified atom stereocenters. The van der Waals surface area contributed by atoms with E-state index in [9.17, 15) is 0 Å². The van der Waals surface area contributed by atoms with Gasteiger partial charge >= 0.3 is 0 Å². The summed E-state index contributed by atoms with van der Waals surface area (Å²) in [5.41, 5.74) is 10.00. The lowest BCUT2D eigenvalue weighted by atomic mass is 9.96. The van der Waals surface area contributed by atoms with Gasteiger partial charge in [0.15, 0.2) is 0 Å². The van der Waals surface area contributed by atoms with E-state index in [0.29, 0.717) is 0 Å². The fraction of sp³-hybridized carbons (Fsp3) is 0. The first kappa shape index (κ1) is 38.1. The molecule has 0 aliphatic rings. The van der Waals surface area contributed by atoms with Gasteiger partial charge in [0.05, 0.1) is 0 Å². The lowest BCUT2D eigenvalue weighted by molar-refractivity contribution is 1.62. The van der Waals surface area contributed by atoms with Crippen molar-refractivity contribution in [1.82, 2.24) is 0 Å². The van der Waals surface area contributed by atoms with Gasteiger partial charge in [0.2, 0.25) is 0 Å². The quantitative estimate of drug-likeness (QED) is 0.146. The molecule has 0 radical (unpaired) electrons. The Kier molecular flexibility index (Phi) is 8.78. The summed E-state index contributed by atoms with van der Waals surface area (Å²) in [6.07, 6.45) is 0. The third-order valence-corrected chi connectivity index (χ3v) is 18.1. The van der Waals surface area contributed by atoms with E-state index >= 15 is 0 Å². The van der Waals surface area contributed by atoms with Gasteiger partial charge in [0, 0.05) is 50.5 Å². The topological polar surface area (TPSA) is 0 Å². The minimum absolute atomic E-state index is 1.23. The Morgan fingerprint density at radius 2 is 0.545 bits per heavy atom. The molecule has 0 amide bonds. The maximum absolute atomic E-state index is 2.36. The number of hydrogen-bond donors (Lipinski definition) is 0. The van der Waals surface area contributed by atoms with Crippen LogP contribution in [-0.4, -0.2) is 0 Å². The van der Waals surface area contributed by atoms with Gasteiger partial charge in [-0.15, -0.1) is 45.3 Å². The third-order valence-electron chi connectivity index (χ3n) is 13.5. The Labute approximate surface area is 397 Å². The molecule has 0 bridgehead atoms. The summed E-state index contributed by atoms with van der Waals surface area (Å²) in [6, 6.07) is 77.0. The van der Waals surface area contributed by atoms with Gasteiger partial charge in [-0.05, 0) is 110 Å². The maximum Gasteiger partial charge on any atom is 0.0428 e. The number of thiophene rings is 4. The molecule has 10 aromatic carbocycles. The molecule has 14 aromatic rings. The second kappa shape index (κ2) is 15.2. The van der Waals surface area contributed by atoms with Gasteiger partial charge in [0.1, 0.15) is 0 Å². The molecule has 0 atom stereocenters. The fourth-order valence-electron chi connectivity index (χ4n) is 10.0. The van der Waals surface area contributed by atoms with Crippen molar-refractivity contribution in [3.63, 3.8) is 0 Å². The minimum atomic E-state index is 1.23. The smallest absolute Gasteiger partial charge is 0.0428 e. The van der Waals surface area contributed by atoms with Crippen molar-refractivity contribution in [3.8, 4) is 64.0 Å². The molecular formula is C62H36S4. The molecule has 0 nitrogen and oxygen atoms in total. The Hall–Kier alpha value is -7.18. The number of fused-ring (bicyclic) bond motifs is 11. The molecule has 0 saturated carbocycles. The molecule has 0 N–H and O–H groups in total. The summed E-state index contributed by atoms with van der Waals surface area (Å²) in [5, 5.41) is 20.2. The van der Waals surface area contributed by atoms with Crippen LogP contribution in [0.1, 0.15) is 0 Å². The molecule has 4 aromatic heterocycles. The molecule has 14 rings (SSSR count). The van der Waals surface area contributed by atoms with Gasteiger partial charge < -0.3 is 0 Å². The molecule has 0 spiro atoms. The van der Waals surface area contributed by atoms with E-state index in [2.05, 4.69) is 217 Å². The highest BCUT2D eigenvalue weighted by atomic mass is 32.1. The van der Waals surface area contributed by atoms with Crippen LogP contribution in [0.25, 0.3) is 138 Å². The zero-order valence-corrected chi connectivity index (χ0v) is 38.7. The second-order valence-electron chi connectivity index (χ2n) is 17.2. The van der Waals surface area contributed by atoms with Gasteiger partial charge in [-0.1, -0.05) is 194 Å². The molecule has 0 aliphatic carbocycles. The molecule has 0 aliphatic heterocycles. The summed E-state index contributed by atoms with van der Waals surface area (Å²) in [4.78, 5) is 5.26. The highest BCUT2D eigenvalue weighted by molar-refractivity contribution is 7.23. The Balaban J connectivity index is 0.737. The molecule has 66 heavy (non-hydrogen) atoms. The van der Waals surface area contributed by atoms with Crippen LogP contribution in [0.4, 0.5) is 0 Å². The molecular weight excluding hydrogens is 873 g/mol. The molecule has 0 fully saturated rings. The van der Waals surface area contributed by atoms with Crippen molar-refractivity contribution in [2.45, 2.75) is 0 Å². The molecule has 0 saturated heterocycles. The van der Waals surface area contributed by atoms with Crippen molar-refractivity contribution in [2.75, 3.05) is 0 Å². The van der Waals surface area contributed by atoms with Gasteiger partial charge in [0.25, 0.3) is 0 Å². The first-order valence-electron chi connectivity index (χ1n) is 22.3. The van der Waals surface area contributed by atoms with Crippen LogP contribution in [0.3, 0.4) is 0 Å². The fourth-order valence-corrected chi connectivity index (χ4v) is 14.5. The highest BCUT2D eigenvalue weighted by Gasteiger charge is 2.15. The summed E-state index contributed by atoms with van der Waals surface area (Å²) in [5.74, 6) is 0. The van der Waals surface area contributed by atoms with E-state index in [1.807, 2.05) is 45.3 Å². The van der Waals surface area contributed by atoms with Crippen molar-refractivity contribution < 1.29 is 0 Å². The van der Waals surface area contributed by atoms with Crippen molar-refractivity contribution in [3.05, 3.63) is 217 Å². The summed E-state index contributed by atoms with van der Waals surface area (Å²) in [7, 11) is 0. The monoisotopic (exact) mass is 908 g/mol. The largest absolute Gasteiger partial charge is 0.143 e. The van der Waals surface area contributed by atoms with Crippen LogP contribution in [0.15, 0.2) is 217 Å². The first-order chi connectivity index (χ1) is 32.7.